The number of thiophene rings is 1. The number of esters is 1. The first-order valence-electron chi connectivity index (χ1n) is 11.4. The first-order valence-corrected chi connectivity index (χ1v) is 12.7. The Morgan fingerprint density at radius 1 is 1.14 bits per heavy atom. The number of nitrogens with one attached hydrogen (secondary N) is 2. The summed E-state index contributed by atoms with van der Waals surface area (Å²) in [7, 11) is 0. The van der Waals surface area contributed by atoms with Crippen molar-refractivity contribution < 1.29 is 18.7 Å². The van der Waals surface area contributed by atoms with Crippen molar-refractivity contribution in [2.24, 2.45) is 0 Å². The number of aryl methyl sites for hydroxylation is 1. The van der Waals surface area contributed by atoms with Crippen LogP contribution in [0.3, 0.4) is 0 Å². The molecular formula is C27H26FN3O3S2. The van der Waals surface area contributed by atoms with Crippen molar-refractivity contribution in [3.63, 3.8) is 0 Å². The van der Waals surface area contributed by atoms with Crippen molar-refractivity contribution in [3.8, 4) is 0 Å². The van der Waals surface area contributed by atoms with Crippen LogP contribution < -0.4 is 15.5 Å². The van der Waals surface area contributed by atoms with Crippen LogP contribution in [0.1, 0.15) is 46.3 Å². The molecule has 0 spiro atoms. The quantitative estimate of drug-likeness (QED) is 0.304. The number of hydrogen-bond donors (Lipinski definition) is 2. The molecule has 186 valence electrons. The lowest BCUT2D eigenvalue weighted by atomic mass is 9.94. The zero-order chi connectivity index (χ0) is 26.0. The highest BCUT2D eigenvalue weighted by Crippen LogP contribution is 2.37. The van der Waals surface area contributed by atoms with Crippen LogP contribution in [0, 0.1) is 19.7 Å². The lowest BCUT2D eigenvalue weighted by molar-refractivity contribution is -0.113. The van der Waals surface area contributed by atoms with Gasteiger partial charge in [0, 0.05) is 16.3 Å². The van der Waals surface area contributed by atoms with Gasteiger partial charge in [-0.2, -0.15) is 0 Å². The maximum absolute atomic E-state index is 14.2. The molecule has 6 nitrogen and oxygen atoms in total. The van der Waals surface area contributed by atoms with Gasteiger partial charge < -0.3 is 15.4 Å². The maximum atomic E-state index is 14.2. The molecule has 0 aliphatic carbocycles. The van der Waals surface area contributed by atoms with E-state index < -0.39 is 23.7 Å². The Kier molecular flexibility index (Phi) is 7.51. The van der Waals surface area contributed by atoms with Gasteiger partial charge in [0.05, 0.1) is 23.8 Å². The van der Waals surface area contributed by atoms with Gasteiger partial charge in [-0.25, -0.2) is 9.18 Å². The molecule has 2 aromatic carbocycles. The standard InChI is InChI=1S/C27H26FN3O3S2/c1-5-34-26(33)21-15(2)17(4)36-25(21)30-24(32)22-16(3)31(20-12-7-6-8-13-20)27(35)29-23(22)18-10-9-11-19(28)14-18/h6-14,23H,5H2,1-4H3,(H,29,35)(H,30,32)/t23-/m1/s1. The van der Waals surface area contributed by atoms with E-state index in [0.29, 0.717) is 32.5 Å². The second-order valence-electron chi connectivity index (χ2n) is 8.27. The highest BCUT2D eigenvalue weighted by atomic mass is 32.1. The second kappa shape index (κ2) is 10.6. The van der Waals surface area contributed by atoms with Crippen LogP contribution in [-0.2, 0) is 9.53 Å². The summed E-state index contributed by atoms with van der Waals surface area (Å²) in [6.07, 6.45) is 0. The van der Waals surface area contributed by atoms with E-state index in [1.165, 1.54) is 23.5 Å². The number of ether oxygens (including phenoxy) is 1. The van der Waals surface area contributed by atoms with Crippen LogP contribution >= 0.6 is 23.6 Å². The Morgan fingerprint density at radius 2 is 1.86 bits per heavy atom. The number of thiocarbonyl (C=S) groups is 1. The number of allylic oxidation sites excluding steroid dienone is 1. The summed E-state index contributed by atoms with van der Waals surface area (Å²) in [5.74, 6) is -1.34. The predicted molar refractivity (Wildman–Crippen MR) is 145 cm³/mol. The highest BCUT2D eigenvalue weighted by molar-refractivity contribution is 7.80. The molecule has 1 aromatic heterocycles. The van der Waals surface area contributed by atoms with Crippen molar-refractivity contribution in [2.45, 2.75) is 33.7 Å². The summed E-state index contributed by atoms with van der Waals surface area (Å²) >= 11 is 6.98. The minimum atomic E-state index is -0.693. The minimum Gasteiger partial charge on any atom is -0.462 e. The number of hydrogen-bond acceptors (Lipinski definition) is 5. The summed E-state index contributed by atoms with van der Waals surface area (Å²) in [5.41, 5.74) is 3.39. The molecule has 0 unspecified atom stereocenters. The molecule has 1 amide bonds. The van der Waals surface area contributed by atoms with Crippen molar-refractivity contribution in [3.05, 3.63) is 93.3 Å². The Morgan fingerprint density at radius 3 is 2.53 bits per heavy atom. The summed E-state index contributed by atoms with van der Waals surface area (Å²) in [6.45, 7) is 7.47. The number of carbonyl (C=O) groups is 2. The fourth-order valence-electron chi connectivity index (χ4n) is 4.20. The molecule has 0 saturated carbocycles. The number of amides is 1. The number of benzene rings is 2. The third-order valence-electron chi connectivity index (χ3n) is 6.02. The van der Waals surface area contributed by atoms with Gasteiger partial charge in [0.2, 0.25) is 0 Å². The smallest absolute Gasteiger partial charge is 0.341 e. The van der Waals surface area contributed by atoms with Crippen LogP contribution in [0.15, 0.2) is 65.9 Å². The van der Waals surface area contributed by atoms with Crippen LogP contribution in [0.2, 0.25) is 0 Å². The molecule has 1 aliphatic heterocycles. The van der Waals surface area contributed by atoms with Crippen molar-refractivity contribution in [1.29, 1.82) is 0 Å². The summed E-state index contributed by atoms with van der Waals surface area (Å²) < 4.78 is 19.4. The maximum Gasteiger partial charge on any atom is 0.341 e. The number of halogens is 1. The number of para-hydroxylation sites is 1. The van der Waals surface area contributed by atoms with Gasteiger partial charge in [-0.05, 0) is 75.3 Å². The van der Waals surface area contributed by atoms with Crippen LogP contribution in [0.5, 0.6) is 0 Å². The second-order valence-corrected chi connectivity index (χ2v) is 9.88. The lowest BCUT2D eigenvalue weighted by Crippen LogP contribution is -2.48. The molecule has 1 aliphatic rings. The molecular weight excluding hydrogens is 497 g/mol. The highest BCUT2D eigenvalue weighted by Gasteiger charge is 2.35. The molecule has 2 N–H and O–H groups in total. The van der Waals surface area contributed by atoms with Crippen molar-refractivity contribution in [2.75, 3.05) is 16.8 Å². The topological polar surface area (TPSA) is 70.7 Å². The van der Waals surface area contributed by atoms with Gasteiger partial charge >= 0.3 is 5.97 Å². The summed E-state index contributed by atoms with van der Waals surface area (Å²) in [6, 6.07) is 14.8. The average Bonchev–Trinajstić information content (AvgIpc) is 3.12. The van der Waals surface area contributed by atoms with Crippen LogP contribution in [0.25, 0.3) is 0 Å². The van der Waals surface area contributed by atoms with Crippen LogP contribution in [0.4, 0.5) is 15.1 Å². The van der Waals surface area contributed by atoms with Crippen molar-refractivity contribution in [1.82, 2.24) is 5.32 Å². The van der Waals surface area contributed by atoms with E-state index in [2.05, 4.69) is 10.6 Å². The molecule has 0 fully saturated rings. The average molecular weight is 524 g/mol. The first kappa shape index (κ1) is 25.5. The largest absolute Gasteiger partial charge is 0.462 e. The van der Waals surface area contributed by atoms with Crippen LogP contribution in [-0.4, -0.2) is 23.6 Å². The lowest BCUT2D eigenvalue weighted by Gasteiger charge is -2.38. The number of rotatable bonds is 6. The molecule has 4 rings (SSSR count). The third-order valence-corrected chi connectivity index (χ3v) is 7.44. The van der Waals surface area contributed by atoms with E-state index in [9.17, 15) is 14.0 Å². The Balaban J connectivity index is 1.82. The molecule has 36 heavy (non-hydrogen) atoms. The van der Waals surface area contributed by atoms with Gasteiger partial charge in [-0.3, -0.25) is 9.69 Å². The molecule has 2 heterocycles. The van der Waals surface area contributed by atoms with E-state index >= 15 is 0 Å². The predicted octanol–water partition coefficient (Wildman–Crippen LogP) is 6.03. The summed E-state index contributed by atoms with van der Waals surface area (Å²) in [4.78, 5) is 29.2. The normalized spacial score (nSPS) is 15.5. The molecule has 1 atom stereocenters. The number of carbonyl (C=O) groups excluding carboxylic acids is 2. The van der Waals surface area contributed by atoms with Crippen molar-refractivity contribution >= 4 is 51.2 Å². The van der Waals surface area contributed by atoms with Gasteiger partial charge in [-0.15, -0.1) is 11.3 Å². The fourth-order valence-corrected chi connectivity index (χ4v) is 5.60. The Labute approximate surface area is 218 Å². The monoisotopic (exact) mass is 523 g/mol. The first-order chi connectivity index (χ1) is 17.2. The Hall–Kier alpha value is -3.56. The SMILES string of the molecule is CCOC(=O)c1c(NC(=O)C2=C(C)N(c3ccccc3)C(=S)N[C@@H]2c2cccc(F)c2)sc(C)c1C. The van der Waals surface area contributed by atoms with E-state index in [-0.39, 0.29) is 6.61 Å². The minimum absolute atomic E-state index is 0.222. The molecule has 3 aromatic rings. The number of nitrogens with zero attached hydrogens (tertiary/aromatic N) is 1. The fraction of sp³-hybridized carbons (Fsp3) is 0.222. The zero-order valence-corrected chi connectivity index (χ0v) is 22.0. The molecule has 9 heteroatoms. The van der Waals surface area contributed by atoms with Gasteiger partial charge in [-0.1, -0.05) is 30.3 Å². The van der Waals surface area contributed by atoms with E-state index in [4.69, 9.17) is 17.0 Å². The number of anilines is 2. The third kappa shape index (κ3) is 4.89. The van der Waals surface area contributed by atoms with Gasteiger partial charge in [0.1, 0.15) is 10.8 Å². The van der Waals surface area contributed by atoms with E-state index in [1.54, 1.807) is 30.9 Å². The Bertz CT molecular complexity index is 1370. The van der Waals surface area contributed by atoms with Gasteiger partial charge in [0.25, 0.3) is 5.91 Å². The van der Waals surface area contributed by atoms with E-state index in [0.717, 1.165) is 16.1 Å². The van der Waals surface area contributed by atoms with E-state index in [1.807, 2.05) is 44.2 Å². The molecule has 0 saturated heterocycles. The summed E-state index contributed by atoms with van der Waals surface area (Å²) in [5, 5.41) is 6.94. The zero-order valence-electron chi connectivity index (χ0n) is 20.3. The van der Waals surface area contributed by atoms with Gasteiger partial charge in [0.15, 0.2) is 5.11 Å². The molecule has 0 radical (unpaired) electrons. The molecule has 0 bridgehead atoms.